The lowest BCUT2D eigenvalue weighted by molar-refractivity contribution is -0.195. The Morgan fingerprint density at radius 3 is 1.91 bits per heavy atom. The molecule has 3 heterocycles. The maximum absolute atomic E-state index is 5.56. The highest BCUT2D eigenvalue weighted by Gasteiger charge is 2.41. The minimum atomic E-state index is 0.334. The highest BCUT2D eigenvalue weighted by molar-refractivity contribution is 4.93. The third-order valence-corrected chi connectivity index (χ3v) is 2.71. The van der Waals surface area contributed by atoms with Crippen molar-refractivity contribution in [2.75, 3.05) is 13.1 Å². The molecule has 0 spiro atoms. The summed E-state index contributed by atoms with van der Waals surface area (Å²) in [4.78, 5) is 2.52. The third kappa shape index (κ3) is 1.30. The zero-order valence-corrected chi connectivity index (χ0v) is 7.63. The second kappa shape index (κ2) is 2.20. The van der Waals surface area contributed by atoms with E-state index in [4.69, 9.17) is 4.74 Å². The summed E-state index contributed by atoms with van der Waals surface area (Å²) in [7, 11) is 0. The number of morpholine rings is 1. The second-order valence-corrected chi connectivity index (χ2v) is 4.69. The van der Waals surface area contributed by atoms with E-state index < -0.39 is 0 Å². The first-order chi connectivity index (χ1) is 5.05. The van der Waals surface area contributed by atoms with Crippen molar-refractivity contribution in [1.82, 2.24) is 4.90 Å². The molecule has 2 heteroatoms. The van der Waals surface area contributed by atoms with Crippen LogP contribution in [0.4, 0.5) is 0 Å². The van der Waals surface area contributed by atoms with Crippen LogP contribution in [0, 0.1) is 0 Å². The molecule has 3 aliphatic rings. The van der Waals surface area contributed by atoms with Crippen molar-refractivity contribution in [3.63, 3.8) is 0 Å². The van der Waals surface area contributed by atoms with Crippen molar-refractivity contribution in [3.05, 3.63) is 0 Å². The summed E-state index contributed by atoms with van der Waals surface area (Å²) < 4.78 is 5.56. The zero-order chi connectivity index (χ0) is 8.06. The van der Waals surface area contributed by atoms with E-state index in [1.807, 2.05) is 0 Å². The van der Waals surface area contributed by atoms with Crippen LogP contribution in [0.5, 0.6) is 0 Å². The Bertz CT molecular complexity index is 145. The Morgan fingerprint density at radius 2 is 1.64 bits per heavy atom. The highest BCUT2D eigenvalue weighted by Crippen LogP contribution is 2.31. The fourth-order valence-electron chi connectivity index (χ4n) is 1.90. The van der Waals surface area contributed by atoms with E-state index in [0.717, 1.165) is 13.1 Å². The summed E-state index contributed by atoms with van der Waals surface area (Å²) in [5, 5.41) is 0. The van der Waals surface area contributed by atoms with Crippen LogP contribution in [0.3, 0.4) is 0 Å². The summed E-state index contributed by atoms with van der Waals surface area (Å²) in [5.74, 6) is 0. The quantitative estimate of drug-likeness (QED) is 0.522. The average Bonchev–Trinajstić information content (AvgIpc) is 1.84. The molecule has 3 fully saturated rings. The fraction of sp³-hybridized carbons (Fsp3) is 1.00. The summed E-state index contributed by atoms with van der Waals surface area (Å²) in [6.07, 6.45) is 2.40. The van der Waals surface area contributed by atoms with Gasteiger partial charge in [-0.1, -0.05) is 0 Å². The first-order valence-electron chi connectivity index (χ1n) is 4.46. The molecule has 0 amide bonds. The molecular weight excluding hydrogens is 138 g/mol. The minimum Gasteiger partial charge on any atom is -0.372 e. The number of rotatable bonds is 0. The van der Waals surface area contributed by atoms with Gasteiger partial charge in [-0.05, 0) is 20.8 Å². The summed E-state index contributed by atoms with van der Waals surface area (Å²) >= 11 is 0. The Morgan fingerprint density at radius 1 is 1.18 bits per heavy atom. The topological polar surface area (TPSA) is 12.5 Å². The van der Waals surface area contributed by atoms with Gasteiger partial charge in [0.05, 0.1) is 12.2 Å². The monoisotopic (exact) mass is 155 g/mol. The average molecular weight is 155 g/mol. The van der Waals surface area contributed by atoms with Gasteiger partial charge in [0.2, 0.25) is 0 Å². The molecule has 11 heavy (non-hydrogen) atoms. The van der Waals surface area contributed by atoms with Crippen molar-refractivity contribution in [2.45, 2.75) is 44.9 Å². The Balaban J connectivity index is 1.97. The molecule has 0 saturated carbocycles. The van der Waals surface area contributed by atoms with E-state index >= 15 is 0 Å². The first-order valence-corrected chi connectivity index (χ1v) is 4.46. The molecular formula is C9H17NO. The van der Waals surface area contributed by atoms with Crippen molar-refractivity contribution in [2.24, 2.45) is 0 Å². The van der Waals surface area contributed by atoms with E-state index in [9.17, 15) is 0 Å². The fourth-order valence-corrected chi connectivity index (χ4v) is 1.90. The largest absolute Gasteiger partial charge is 0.372 e. The summed E-state index contributed by atoms with van der Waals surface area (Å²) in [6, 6.07) is 0. The van der Waals surface area contributed by atoms with Crippen LogP contribution < -0.4 is 0 Å². The lowest BCUT2D eigenvalue weighted by Gasteiger charge is -2.51. The molecule has 3 aliphatic heterocycles. The van der Waals surface area contributed by atoms with Gasteiger partial charge in [0.15, 0.2) is 0 Å². The molecule has 64 valence electrons. The van der Waals surface area contributed by atoms with Crippen LogP contribution in [0.2, 0.25) is 0 Å². The normalized spacial score (nSPS) is 38.5. The first kappa shape index (κ1) is 7.56. The van der Waals surface area contributed by atoms with E-state index in [0.29, 0.717) is 17.7 Å². The van der Waals surface area contributed by atoms with Crippen LogP contribution >= 0.6 is 0 Å². The number of ether oxygens (including phenoxy) is 1. The van der Waals surface area contributed by atoms with Crippen molar-refractivity contribution in [1.29, 1.82) is 0 Å². The molecule has 0 aromatic rings. The molecule has 2 unspecified atom stereocenters. The Labute approximate surface area is 68.5 Å². The van der Waals surface area contributed by atoms with Crippen LogP contribution in [-0.2, 0) is 4.74 Å². The SMILES string of the molecule is CC(C)(C)N1CC2CC(C1)O2. The molecule has 0 aromatic heterocycles. The maximum atomic E-state index is 5.56. The minimum absolute atomic E-state index is 0.334. The van der Waals surface area contributed by atoms with Gasteiger partial charge in [-0.15, -0.1) is 0 Å². The third-order valence-electron chi connectivity index (χ3n) is 2.71. The summed E-state index contributed by atoms with van der Waals surface area (Å²) in [5.41, 5.74) is 0.334. The van der Waals surface area contributed by atoms with Gasteiger partial charge < -0.3 is 4.74 Å². The van der Waals surface area contributed by atoms with Crippen LogP contribution in [0.1, 0.15) is 27.2 Å². The molecule has 3 rings (SSSR count). The second-order valence-electron chi connectivity index (χ2n) is 4.69. The van der Waals surface area contributed by atoms with Gasteiger partial charge in [0.1, 0.15) is 0 Å². The molecule has 2 atom stereocenters. The molecule has 2 bridgehead atoms. The van der Waals surface area contributed by atoms with Crippen LogP contribution in [0.15, 0.2) is 0 Å². The van der Waals surface area contributed by atoms with Gasteiger partial charge in [0, 0.05) is 25.0 Å². The van der Waals surface area contributed by atoms with Crippen molar-refractivity contribution >= 4 is 0 Å². The van der Waals surface area contributed by atoms with E-state index in [-0.39, 0.29) is 0 Å². The molecule has 3 saturated heterocycles. The molecule has 0 aliphatic carbocycles. The highest BCUT2D eigenvalue weighted by atomic mass is 16.5. The molecule has 0 N–H and O–H groups in total. The molecule has 2 nitrogen and oxygen atoms in total. The molecule has 0 radical (unpaired) electrons. The standard InChI is InChI=1S/C9H17NO/c1-9(2,3)10-5-7-4-8(6-10)11-7/h7-8H,4-6H2,1-3H3. The predicted octanol–water partition coefficient (Wildman–Crippen LogP) is 1.26. The Hall–Kier alpha value is -0.0800. The van der Waals surface area contributed by atoms with E-state index in [1.165, 1.54) is 6.42 Å². The predicted molar refractivity (Wildman–Crippen MR) is 44.6 cm³/mol. The number of hydrogen-bond donors (Lipinski definition) is 0. The molecule has 0 aromatic carbocycles. The Kier molecular flexibility index (Phi) is 1.52. The van der Waals surface area contributed by atoms with Crippen LogP contribution in [0.25, 0.3) is 0 Å². The van der Waals surface area contributed by atoms with Crippen molar-refractivity contribution in [3.8, 4) is 0 Å². The van der Waals surface area contributed by atoms with Gasteiger partial charge in [-0.25, -0.2) is 0 Å². The number of piperidine rings is 1. The van der Waals surface area contributed by atoms with Gasteiger partial charge in [-0.2, -0.15) is 0 Å². The number of hydrogen-bond acceptors (Lipinski definition) is 2. The van der Waals surface area contributed by atoms with Gasteiger partial charge >= 0.3 is 0 Å². The lowest BCUT2D eigenvalue weighted by Crippen LogP contribution is -2.61. The van der Waals surface area contributed by atoms with Gasteiger partial charge in [-0.3, -0.25) is 4.90 Å². The van der Waals surface area contributed by atoms with Gasteiger partial charge in [0.25, 0.3) is 0 Å². The maximum Gasteiger partial charge on any atom is 0.0731 e. The lowest BCUT2D eigenvalue weighted by atomic mass is 9.94. The summed E-state index contributed by atoms with van der Waals surface area (Å²) in [6.45, 7) is 9.10. The smallest absolute Gasteiger partial charge is 0.0731 e. The number of nitrogens with zero attached hydrogens (tertiary/aromatic N) is 1. The number of fused-ring (bicyclic) bond motifs is 2. The van der Waals surface area contributed by atoms with Crippen molar-refractivity contribution < 1.29 is 4.74 Å². The van der Waals surface area contributed by atoms with E-state index in [1.54, 1.807) is 0 Å². The van der Waals surface area contributed by atoms with Crippen LogP contribution in [-0.4, -0.2) is 35.7 Å². The zero-order valence-electron chi connectivity index (χ0n) is 7.63. The van der Waals surface area contributed by atoms with E-state index in [2.05, 4.69) is 25.7 Å².